The molecule has 0 saturated carbocycles. The quantitative estimate of drug-likeness (QED) is 0.700. The normalized spacial score (nSPS) is 12.5. The molecule has 0 aliphatic heterocycles. The van der Waals surface area contributed by atoms with Crippen LogP contribution in [0.5, 0.6) is 0 Å². The number of carbonyl (C=O) groups is 2. The Morgan fingerprint density at radius 3 is 2.65 bits per heavy atom. The number of aromatic amines is 1. The van der Waals surface area contributed by atoms with Crippen molar-refractivity contribution in [2.75, 3.05) is 0 Å². The van der Waals surface area contributed by atoms with Gasteiger partial charge in [-0.2, -0.15) is 5.10 Å². The van der Waals surface area contributed by atoms with E-state index in [-0.39, 0.29) is 23.9 Å². The van der Waals surface area contributed by atoms with Gasteiger partial charge in [0.2, 0.25) is 11.8 Å². The molecule has 0 spiro atoms. The average Bonchev–Trinajstić information content (AvgIpc) is 2.86. The summed E-state index contributed by atoms with van der Waals surface area (Å²) in [5, 5.41) is 12.5. The van der Waals surface area contributed by atoms with E-state index in [1.165, 1.54) is 0 Å². The second-order valence-corrected chi connectivity index (χ2v) is 7.72. The van der Waals surface area contributed by atoms with E-state index in [2.05, 4.69) is 20.8 Å². The molecule has 3 N–H and O–H groups in total. The summed E-state index contributed by atoms with van der Waals surface area (Å²) >= 11 is 5.25. The first-order chi connectivity index (χ1) is 12.1. The van der Waals surface area contributed by atoms with Gasteiger partial charge in [0.15, 0.2) is 10.6 Å². The molecule has 2 rings (SSSR count). The van der Waals surface area contributed by atoms with Crippen LogP contribution < -0.4 is 10.6 Å². The summed E-state index contributed by atoms with van der Waals surface area (Å²) in [5.41, 5.74) is 1.59. The summed E-state index contributed by atoms with van der Waals surface area (Å²) in [6, 6.07) is 7.14. The first kappa shape index (κ1) is 19.8. The first-order valence-corrected chi connectivity index (χ1v) is 8.81. The highest BCUT2D eigenvalue weighted by molar-refractivity contribution is 7.71. The molecule has 0 saturated heterocycles. The Morgan fingerprint density at radius 2 is 2.04 bits per heavy atom. The molecule has 1 unspecified atom stereocenters. The fourth-order valence-corrected chi connectivity index (χ4v) is 2.64. The highest BCUT2D eigenvalue weighted by Crippen LogP contribution is 2.18. The van der Waals surface area contributed by atoms with E-state index in [0.717, 1.165) is 11.1 Å². The number of amides is 2. The van der Waals surface area contributed by atoms with Crippen molar-refractivity contribution in [1.82, 2.24) is 25.4 Å². The van der Waals surface area contributed by atoms with Crippen LogP contribution in [0.15, 0.2) is 24.3 Å². The Bertz CT molecular complexity index is 863. The largest absolute Gasteiger partial charge is 0.350 e. The molecule has 1 heterocycles. The van der Waals surface area contributed by atoms with Gasteiger partial charge in [-0.15, -0.1) is 0 Å². The molecule has 7 nitrogen and oxygen atoms in total. The zero-order valence-corrected chi connectivity index (χ0v) is 16.5. The standard InChI is InChI=1S/C18H25N5O2S/c1-11-7-6-8-13(9-11)15-21-22-17(26)23(15)10-14(24)19-12(2)16(25)20-18(3,4)5/h6-9,12H,10H2,1-5H3,(H,19,24)(H,20,25)(H,22,26). The number of benzene rings is 1. The topological polar surface area (TPSA) is 91.8 Å². The molecule has 2 aromatic rings. The number of nitrogens with one attached hydrogen (secondary N) is 3. The van der Waals surface area contributed by atoms with Gasteiger partial charge in [0.25, 0.3) is 0 Å². The molecular weight excluding hydrogens is 350 g/mol. The number of H-pyrrole nitrogens is 1. The molecule has 0 aliphatic carbocycles. The Hall–Kier alpha value is -2.48. The van der Waals surface area contributed by atoms with Crippen LogP contribution in [0, 0.1) is 11.7 Å². The van der Waals surface area contributed by atoms with Gasteiger partial charge < -0.3 is 10.6 Å². The van der Waals surface area contributed by atoms with Gasteiger partial charge in [-0.05, 0) is 52.9 Å². The molecule has 1 aromatic heterocycles. The third-order valence-corrected chi connectivity index (χ3v) is 3.92. The van der Waals surface area contributed by atoms with Gasteiger partial charge in [-0.3, -0.25) is 19.3 Å². The van der Waals surface area contributed by atoms with E-state index >= 15 is 0 Å². The van der Waals surface area contributed by atoms with Crippen molar-refractivity contribution in [2.45, 2.75) is 52.7 Å². The molecule has 0 fully saturated rings. The van der Waals surface area contributed by atoms with Crippen LogP contribution in [0.2, 0.25) is 0 Å². The summed E-state index contributed by atoms with van der Waals surface area (Å²) < 4.78 is 1.97. The summed E-state index contributed by atoms with van der Waals surface area (Å²) in [7, 11) is 0. The van der Waals surface area contributed by atoms with Gasteiger partial charge >= 0.3 is 0 Å². The number of nitrogens with zero attached hydrogens (tertiary/aromatic N) is 2. The molecule has 26 heavy (non-hydrogen) atoms. The van der Waals surface area contributed by atoms with Crippen molar-refractivity contribution < 1.29 is 9.59 Å². The fraction of sp³-hybridized carbons (Fsp3) is 0.444. The first-order valence-electron chi connectivity index (χ1n) is 8.40. The summed E-state index contributed by atoms with van der Waals surface area (Å²) in [5.74, 6) is 0.0363. The molecule has 0 radical (unpaired) electrons. The minimum absolute atomic E-state index is 0.0221. The maximum absolute atomic E-state index is 12.4. The van der Waals surface area contributed by atoms with E-state index in [4.69, 9.17) is 12.2 Å². The van der Waals surface area contributed by atoms with Crippen LogP contribution in [0.1, 0.15) is 33.3 Å². The number of carbonyl (C=O) groups excluding carboxylic acids is 2. The molecule has 1 aromatic carbocycles. The Morgan fingerprint density at radius 1 is 1.35 bits per heavy atom. The van der Waals surface area contributed by atoms with Gasteiger partial charge in [0.05, 0.1) is 0 Å². The number of aryl methyl sites for hydroxylation is 1. The van der Waals surface area contributed by atoms with E-state index in [9.17, 15) is 9.59 Å². The van der Waals surface area contributed by atoms with Crippen molar-refractivity contribution >= 4 is 24.0 Å². The Labute approximate surface area is 158 Å². The molecular formula is C18H25N5O2S. The lowest BCUT2D eigenvalue weighted by Gasteiger charge is -2.23. The monoisotopic (exact) mass is 375 g/mol. The Kier molecular flexibility index (Phi) is 5.97. The minimum Gasteiger partial charge on any atom is -0.350 e. The predicted molar refractivity (Wildman–Crippen MR) is 103 cm³/mol. The number of hydrogen-bond donors (Lipinski definition) is 3. The lowest BCUT2D eigenvalue weighted by Crippen LogP contribution is -2.51. The minimum atomic E-state index is -0.648. The molecule has 1 atom stereocenters. The zero-order valence-electron chi connectivity index (χ0n) is 15.7. The fourth-order valence-electron chi connectivity index (χ4n) is 2.44. The second kappa shape index (κ2) is 7.82. The molecule has 0 aliphatic rings. The molecule has 140 valence electrons. The van der Waals surface area contributed by atoms with Crippen LogP contribution in [0.3, 0.4) is 0 Å². The van der Waals surface area contributed by atoms with Crippen LogP contribution in [0.25, 0.3) is 11.4 Å². The van der Waals surface area contributed by atoms with Gasteiger partial charge in [-0.1, -0.05) is 23.8 Å². The SMILES string of the molecule is Cc1cccc(-c2n[nH]c(=S)n2CC(=O)NC(C)C(=O)NC(C)(C)C)c1. The van der Waals surface area contributed by atoms with Crippen molar-refractivity contribution in [3.05, 3.63) is 34.6 Å². The average molecular weight is 375 g/mol. The lowest BCUT2D eigenvalue weighted by atomic mass is 10.1. The van der Waals surface area contributed by atoms with E-state index in [1.807, 2.05) is 52.0 Å². The van der Waals surface area contributed by atoms with Crippen LogP contribution >= 0.6 is 12.2 Å². The smallest absolute Gasteiger partial charge is 0.242 e. The van der Waals surface area contributed by atoms with Crippen molar-refractivity contribution in [3.63, 3.8) is 0 Å². The van der Waals surface area contributed by atoms with Crippen molar-refractivity contribution in [3.8, 4) is 11.4 Å². The molecule has 0 bridgehead atoms. The van der Waals surface area contributed by atoms with Crippen molar-refractivity contribution in [1.29, 1.82) is 0 Å². The lowest BCUT2D eigenvalue weighted by molar-refractivity contribution is -0.129. The highest BCUT2D eigenvalue weighted by atomic mass is 32.1. The third-order valence-electron chi connectivity index (χ3n) is 3.61. The van der Waals surface area contributed by atoms with Gasteiger partial charge in [0, 0.05) is 11.1 Å². The third kappa shape index (κ3) is 5.26. The van der Waals surface area contributed by atoms with Crippen LogP contribution in [-0.4, -0.2) is 38.2 Å². The van der Waals surface area contributed by atoms with E-state index in [1.54, 1.807) is 11.5 Å². The van der Waals surface area contributed by atoms with E-state index < -0.39 is 6.04 Å². The summed E-state index contributed by atoms with van der Waals surface area (Å²) in [4.78, 5) is 24.5. The maximum atomic E-state index is 12.4. The van der Waals surface area contributed by atoms with Crippen LogP contribution in [-0.2, 0) is 16.1 Å². The summed E-state index contributed by atoms with van der Waals surface area (Å²) in [6.07, 6.45) is 0. The summed E-state index contributed by atoms with van der Waals surface area (Å²) in [6.45, 7) is 9.27. The Balaban J connectivity index is 2.12. The van der Waals surface area contributed by atoms with Crippen LogP contribution in [0.4, 0.5) is 0 Å². The number of rotatable bonds is 5. The maximum Gasteiger partial charge on any atom is 0.242 e. The number of hydrogen-bond acceptors (Lipinski definition) is 4. The number of aromatic nitrogens is 3. The van der Waals surface area contributed by atoms with E-state index in [0.29, 0.717) is 10.6 Å². The molecule has 8 heteroatoms. The van der Waals surface area contributed by atoms with Gasteiger partial charge in [0.1, 0.15) is 12.6 Å². The van der Waals surface area contributed by atoms with Crippen molar-refractivity contribution in [2.24, 2.45) is 0 Å². The second-order valence-electron chi connectivity index (χ2n) is 7.34. The molecule has 2 amide bonds. The highest BCUT2D eigenvalue weighted by Gasteiger charge is 2.21. The predicted octanol–water partition coefficient (Wildman–Crippen LogP) is 2.34. The van der Waals surface area contributed by atoms with Gasteiger partial charge in [-0.25, -0.2) is 0 Å². The zero-order chi connectivity index (χ0) is 19.5.